The molecule has 2 heteroatoms. The topological polar surface area (TPSA) is 26.3 Å². The van der Waals surface area contributed by atoms with Crippen molar-refractivity contribution < 1.29 is 9.53 Å². The Kier molecular flexibility index (Phi) is 3.70. The Morgan fingerprint density at radius 2 is 1.58 bits per heavy atom. The van der Waals surface area contributed by atoms with Gasteiger partial charge in [0, 0.05) is 5.56 Å². The van der Waals surface area contributed by atoms with Crippen LogP contribution in [0, 0.1) is 20.8 Å². The maximum Gasteiger partial charge on any atom is 0.150 e. The Morgan fingerprint density at radius 3 is 2.21 bits per heavy atom. The van der Waals surface area contributed by atoms with Crippen molar-refractivity contribution in [1.29, 1.82) is 0 Å². The molecule has 2 aromatic rings. The molecule has 0 heterocycles. The Labute approximate surface area is 114 Å². The fourth-order valence-corrected chi connectivity index (χ4v) is 2.38. The van der Waals surface area contributed by atoms with Crippen molar-refractivity contribution in [3.05, 3.63) is 52.6 Å². The zero-order valence-corrected chi connectivity index (χ0v) is 11.8. The molecule has 0 saturated carbocycles. The molecule has 0 saturated heterocycles. The number of rotatable bonds is 3. The second-order valence-corrected chi connectivity index (χ2v) is 4.70. The Balaban J connectivity index is 2.66. The number of aldehydes is 1. The first-order valence-electron chi connectivity index (χ1n) is 6.29. The third-order valence-corrected chi connectivity index (χ3v) is 3.75. The molecule has 0 N–H and O–H groups in total. The fraction of sp³-hybridized carbons (Fsp3) is 0.235. The smallest absolute Gasteiger partial charge is 0.150 e. The third-order valence-electron chi connectivity index (χ3n) is 3.75. The van der Waals surface area contributed by atoms with Crippen LogP contribution in [-0.2, 0) is 0 Å². The summed E-state index contributed by atoms with van der Waals surface area (Å²) in [5.41, 5.74) is 6.34. The number of hydrogen-bond donors (Lipinski definition) is 0. The highest BCUT2D eigenvalue weighted by molar-refractivity contribution is 5.84. The average Bonchev–Trinajstić information content (AvgIpc) is 2.43. The molecule has 0 aliphatic carbocycles. The van der Waals surface area contributed by atoms with Gasteiger partial charge in [0.2, 0.25) is 0 Å². The van der Waals surface area contributed by atoms with Crippen LogP contribution < -0.4 is 4.74 Å². The average molecular weight is 254 g/mol. The predicted octanol–water partition coefficient (Wildman–Crippen LogP) is 4.10. The number of carbonyl (C=O) groups is 1. The van der Waals surface area contributed by atoms with E-state index in [0.717, 1.165) is 39.9 Å². The molecule has 0 unspecified atom stereocenters. The summed E-state index contributed by atoms with van der Waals surface area (Å²) in [5.74, 6) is 0.894. The van der Waals surface area contributed by atoms with Crippen LogP contribution in [0.3, 0.4) is 0 Å². The molecule has 0 aliphatic rings. The van der Waals surface area contributed by atoms with E-state index in [4.69, 9.17) is 4.74 Å². The molecule has 19 heavy (non-hydrogen) atoms. The minimum absolute atomic E-state index is 0.741. The van der Waals surface area contributed by atoms with E-state index in [-0.39, 0.29) is 0 Å². The zero-order chi connectivity index (χ0) is 14.0. The van der Waals surface area contributed by atoms with Gasteiger partial charge in [0.25, 0.3) is 0 Å². The van der Waals surface area contributed by atoms with E-state index >= 15 is 0 Å². The van der Waals surface area contributed by atoms with Crippen molar-refractivity contribution >= 4 is 6.29 Å². The van der Waals surface area contributed by atoms with Crippen molar-refractivity contribution in [2.45, 2.75) is 20.8 Å². The quantitative estimate of drug-likeness (QED) is 0.771. The van der Waals surface area contributed by atoms with Gasteiger partial charge in [-0.3, -0.25) is 4.79 Å². The van der Waals surface area contributed by atoms with Gasteiger partial charge < -0.3 is 4.74 Å². The van der Waals surface area contributed by atoms with Crippen molar-refractivity contribution in [2.24, 2.45) is 0 Å². The largest absolute Gasteiger partial charge is 0.496 e. The summed E-state index contributed by atoms with van der Waals surface area (Å²) in [6, 6.07) is 9.85. The normalized spacial score (nSPS) is 10.3. The molecular weight excluding hydrogens is 236 g/mol. The molecular formula is C17H18O2. The lowest BCUT2D eigenvalue weighted by molar-refractivity contribution is 0.112. The maximum atomic E-state index is 11.0. The molecule has 0 aromatic heterocycles. The van der Waals surface area contributed by atoms with Gasteiger partial charge in [-0.05, 0) is 54.7 Å². The van der Waals surface area contributed by atoms with Gasteiger partial charge in [-0.25, -0.2) is 0 Å². The van der Waals surface area contributed by atoms with Gasteiger partial charge in [0.05, 0.1) is 7.11 Å². The highest BCUT2D eigenvalue weighted by Crippen LogP contribution is 2.33. The van der Waals surface area contributed by atoms with Crippen LogP contribution in [-0.4, -0.2) is 13.4 Å². The van der Waals surface area contributed by atoms with Crippen LogP contribution >= 0.6 is 0 Å². The van der Waals surface area contributed by atoms with E-state index < -0.39 is 0 Å². The molecule has 0 spiro atoms. The zero-order valence-electron chi connectivity index (χ0n) is 11.8. The van der Waals surface area contributed by atoms with Crippen molar-refractivity contribution in [2.75, 3.05) is 7.11 Å². The molecule has 0 atom stereocenters. The van der Waals surface area contributed by atoms with Crippen molar-refractivity contribution in [3.8, 4) is 16.9 Å². The van der Waals surface area contributed by atoms with Gasteiger partial charge in [-0.2, -0.15) is 0 Å². The minimum atomic E-state index is 0.741. The lowest BCUT2D eigenvalue weighted by atomic mass is 9.92. The van der Waals surface area contributed by atoms with E-state index in [9.17, 15) is 4.79 Å². The Morgan fingerprint density at radius 1 is 0.895 bits per heavy atom. The first kappa shape index (κ1) is 13.3. The minimum Gasteiger partial charge on any atom is -0.496 e. The van der Waals surface area contributed by atoms with Crippen LogP contribution in [0.15, 0.2) is 30.3 Å². The van der Waals surface area contributed by atoms with E-state index in [2.05, 4.69) is 26.0 Å². The molecule has 0 bridgehead atoms. The number of ether oxygens (including phenoxy) is 1. The van der Waals surface area contributed by atoms with Gasteiger partial charge >= 0.3 is 0 Å². The van der Waals surface area contributed by atoms with Crippen LogP contribution in [0.25, 0.3) is 11.1 Å². The molecule has 0 fully saturated rings. The Hall–Kier alpha value is -2.09. The summed E-state index contributed by atoms with van der Waals surface area (Å²) in [7, 11) is 1.68. The third kappa shape index (κ3) is 2.26. The summed E-state index contributed by atoms with van der Waals surface area (Å²) >= 11 is 0. The first-order chi connectivity index (χ1) is 9.10. The van der Waals surface area contributed by atoms with Crippen LogP contribution in [0.4, 0.5) is 0 Å². The Bertz CT molecular complexity index is 627. The molecule has 0 amide bonds. The summed E-state index contributed by atoms with van der Waals surface area (Å²) in [6.45, 7) is 6.12. The standard InChI is InChI=1S/C17H18O2/c1-11-12(2)17(19-4)9-8-16(11)15-7-5-6-14(10-18)13(15)3/h5-10H,1-4H3. The molecule has 2 aromatic carbocycles. The van der Waals surface area contributed by atoms with Gasteiger partial charge in [-0.1, -0.05) is 24.3 Å². The predicted molar refractivity (Wildman–Crippen MR) is 78.0 cm³/mol. The second-order valence-electron chi connectivity index (χ2n) is 4.70. The number of carbonyl (C=O) groups excluding carboxylic acids is 1. The summed E-state index contributed by atoms with van der Waals surface area (Å²) in [5, 5.41) is 0. The second kappa shape index (κ2) is 5.27. The molecule has 98 valence electrons. The van der Waals surface area contributed by atoms with E-state index in [1.54, 1.807) is 7.11 Å². The molecule has 2 rings (SSSR count). The lowest BCUT2D eigenvalue weighted by Gasteiger charge is -2.15. The maximum absolute atomic E-state index is 11.0. The van der Waals surface area contributed by atoms with Gasteiger partial charge in [-0.15, -0.1) is 0 Å². The monoisotopic (exact) mass is 254 g/mol. The van der Waals surface area contributed by atoms with E-state index in [1.807, 2.05) is 25.1 Å². The van der Waals surface area contributed by atoms with Crippen LogP contribution in [0.5, 0.6) is 5.75 Å². The first-order valence-corrected chi connectivity index (χ1v) is 6.29. The number of hydrogen-bond acceptors (Lipinski definition) is 2. The molecule has 0 radical (unpaired) electrons. The van der Waals surface area contributed by atoms with Gasteiger partial charge in [0.15, 0.2) is 0 Å². The number of benzene rings is 2. The molecule has 2 nitrogen and oxygen atoms in total. The molecule has 0 aliphatic heterocycles. The summed E-state index contributed by atoms with van der Waals surface area (Å²) in [4.78, 5) is 11.0. The van der Waals surface area contributed by atoms with Gasteiger partial charge in [0.1, 0.15) is 12.0 Å². The van der Waals surface area contributed by atoms with Crippen LogP contribution in [0.2, 0.25) is 0 Å². The SMILES string of the molecule is COc1ccc(-c2cccc(C=O)c2C)c(C)c1C. The number of methoxy groups -OCH3 is 1. The van der Waals surface area contributed by atoms with Crippen molar-refractivity contribution in [3.63, 3.8) is 0 Å². The van der Waals surface area contributed by atoms with Crippen molar-refractivity contribution in [1.82, 2.24) is 0 Å². The highest BCUT2D eigenvalue weighted by Gasteiger charge is 2.11. The summed E-state index contributed by atoms with van der Waals surface area (Å²) in [6.07, 6.45) is 0.907. The lowest BCUT2D eigenvalue weighted by Crippen LogP contribution is -1.96. The highest BCUT2D eigenvalue weighted by atomic mass is 16.5. The van der Waals surface area contributed by atoms with E-state index in [0.29, 0.717) is 0 Å². The van der Waals surface area contributed by atoms with E-state index in [1.165, 1.54) is 5.56 Å². The summed E-state index contributed by atoms with van der Waals surface area (Å²) < 4.78 is 5.34. The van der Waals surface area contributed by atoms with Crippen LogP contribution in [0.1, 0.15) is 27.0 Å². The fourth-order valence-electron chi connectivity index (χ4n) is 2.38.